The lowest BCUT2D eigenvalue weighted by Gasteiger charge is -2.07. The van der Waals surface area contributed by atoms with E-state index in [1.807, 2.05) is 0 Å². The molecule has 1 rings (SSSR count). The molecule has 17 heavy (non-hydrogen) atoms. The van der Waals surface area contributed by atoms with Crippen LogP contribution in [0.25, 0.3) is 0 Å². The van der Waals surface area contributed by atoms with Crippen LogP contribution in [-0.4, -0.2) is 30.9 Å². The fourth-order valence-corrected chi connectivity index (χ4v) is 2.42. The molecular formula is C10H12BrNO4S. The van der Waals surface area contributed by atoms with Crippen LogP contribution in [0.3, 0.4) is 0 Å². The standard InChI is InChI=1S/C10H12BrNO4S/c11-9(10(13)14)6-7-12-17(15,16)8-4-2-1-3-5-8/h1-5,9,12H,6-7H2,(H,13,14)/t9-/m0/s1. The van der Waals surface area contributed by atoms with Gasteiger partial charge in [0.15, 0.2) is 0 Å². The van der Waals surface area contributed by atoms with Gasteiger partial charge in [-0.15, -0.1) is 0 Å². The van der Waals surface area contributed by atoms with E-state index in [2.05, 4.69) is 20.7 Å². The topological polar surface area (TPSA) is 83.5 Å². The largest absolute Gasteiger partial charge is 0.480 e. The van der Waals surface area contributed by atoms with Crippen molar-refractivity contribution in [3.8, 4) is 0 Å². The quantitative estimate of drug-likeness (QED) is 0.771. The Morgan fingerprint density at radius 3 is 2.47 bits per heavy atom. The highest BCUT2D eigenvalue weighted by Crippen LogP contribution is 2.08. The minimum atomic E-state index is -3.55. The lowest BCUT2D eigenvalue weighted by Crippen LogP contribution is -2.28. The molecule has 0 unspecified atom stereocenters. The van der Waals surface area contributed by atoms with Crippen molar-refractivity contribution in [3.05, 3.63) is 30.3 Å². The van der Waals surface area contributed by atoms with E-state index >= 15 is 0 Å². The van der Waals surface area contributed by atoms with Crippen molar-refractivity contribution >= 4 is 31.9 Å². The van der Waals surface area contributed by atoms with Crippen LogP contribution in [0.1, 0.15) is 6.42 Å². The molecule has 2 N–H and O–H groups in total. The number of benzene rings is 1. The lowest BCUT2D eigenvalue weighted by molar-refractivity contribution is -0.136. The second kappa shape index (κ2) is 6.13. The first-order valence-electron chi connectivity index (χ1n) is 4.85. The summed E-state index contributed by atoms with van der Waals surface area (Å²) in [4.78, 5) is 9.92. The Kier molecular flexibility index (Phi) is 5.10. The van der Waals surface area contributed by atoms with E-state index in [-0.39, 0.29) is 17.9 Å². The summed E-state index contributed by atoms with van der Waals surface area (Å²) in [6, 6.07) is 7.92. The number of hydrogen-bond donors (Lipinski definition) is 2. The Hall–Kier alpha value is -0.920. The van der Waals surface area contributed by atoms with Crippen LogP contribution in [0, 0.1) is 0 Å². The van der Waals surface area contributed by atoms with Gasteiger partial charge in [-0.05, 0) is 18.6 Å². The third-order valence-electron chi connectivity index (χ3n) is 2.01. The van der Waals surface area contributed by atoms with Crippen LogP contribution >= 0.6 is 15.9 Å². The molecule has 0 spiro atoms. The van der Waals surface area contributed by atoms with E-state index in [9.17, 15) is 13.2 Å². The van der Waals surface area contributed by atoms with E-state index in [1.54, 1.807) is 18.2 Å². The van der Waals surface area contributed by atoms with Crippen molar-refractivity contribution in [2.24, 2.45) is 0 Å². The van der Waals surface area contributed by atoms with Crippen LogP contribution in [-0.2, 0) is 14.8 Å². The van der Waals surface area contributed by atoms with Crippen LogP contribution in [0.2, 0.25) is 0 Å². The zero-order valence-electron chi connectivity index (χ0n) is 8.84. The fourth-order valence-electron chi connectivity index (χ4n) is 1.13. The van der Waals surface area contributed by atoms with E-state index in [0.717, 1.165) is 0 Å². The number of carboxylic acid groups (broad SMARTS) is 1. The molecule has 0 saturated heterocycles. The Bertz CT molecular complexity index is 474. The Labute approximate surface area is 108 Å². The van der Waals surface area contributed by atoms with Crippen LogP contribution < -0.4 is 4.72 Å². The van der Waals surface area contributed by atoms with Gasteiger partial charge in [-0.1, -0.05) is 34.1 Å². The predicted octanol–water partition coefficient (Wildman–Crippen LogP) is 1.20. The molecule has 0 heterocycles. The minimum Gasteiger partial charge on any atom is -0.480 e. The molecule has 1 atom stereocenters. The Morgan fingerprint density at radius 2 is 1.94 bits per heavy atom. The summed E-state index contributed by atoms with van der Waals surface area (Å²) in [5, 5.41) is 8.60. The maximum Gasteiger partial charge on any atom is 0.317 e. The molecule has 94 valence electrons. The molecule has 0 radical (unpaired) electrons. The molecule has 0 amide bonds. The van der Waals surface area contributed by atoms with E-state index in [0.29, 0.717) is 0 Å². The van der Waals surface area contributed by atoms with Crippen LogP contribution in [0.4, 0.5) is 0 Å². The zero-order valence-corrected chi connectivity index (χ0v) is 11.2. The van der Waals surface area contributed by atoms with Crippen molar-refractivity contribution in [1.29, 1.82) is 0 Å². The zero-order chi connectivity index (χ0) is 12.9. The summed E-state index contributed by atoms with van der Waals surface area (Å²) in [7, 11) is -3.55. The van der Waals surface area contributed by atoms with Crippen molar-refractivity contribution in [2.45, 2.75) is 16.1 Å². The molecule has 1 aromatic carbocycles. The van der Waals surface area contributed by atoms with Crippen molar-refractivity contribution in [3.63, 3.8) is 0 Å². The van der Waals surface area contributed by atoms with E-state index in [4.69, 9.17) is 5.11 Å². The number of aliphatic carboxylic acids is 1. The second-order valence-corrected chi connectivity index (χ2v) is 6.18. The van der Waals surface area contributed by atoms with Crippen LogP contribution in [0.15, 0.2) is 35.2 Å². The van der Waals surface area contributed by atoms with Gasteiger partial charge in [0.25, 0.3) is 0 Å². The molecule has 0 bridgehead atoms. The molecule has 0 aliphatic heterocycles. The molecule has 0 fully saturated rings. The van der Waals surface area contributed by atoms with Crippen molar-refractivity contribution < 1.29 is 18.3 Å². The first kappa shape index (κ1) is 14.1. The van der Waals surface area contributed by atoms with Gasteiger partial charge in [0.1, 0.15) is 4.83 Å². The smallest absolute Gasteiger partial charge is 0.317 e. The molecule has 0 saturated carbocycles. The third-order valence-corrected chi connectivity index (χ3v) is 4.34. The van der Waals surface area contributed by atoms with Gasteiger partial charge in [0, 0.05) is 6.54 Å². The number of hydrogen-bond acceptors (Lipinski definition) is 3. The van der Waals surface area contributed by atoms with Crippen molar-refractivity contribution in [1.82, 2.24) is 4.72 Å². The van der Waals surface area contributed by atoms with Gasteiger partial charge in [0.05, 0.1) is 4.90 Å². The molecule has 0 aliphatic rings. The maximum atomic E-state index is 11.7. The highest BCUT2D eigenvalue weighted by Gasteiger charge is 2.16. The van der Waals surface area contributed by atoms with Gasteiger partial charge >= 0.3 is 5.97 Å². The lowest BCUT2D eigenvalue weighted by atomic mass is 10.3. The number of halogens is 1. The molecule has 0 aliphatic carbocycles. The predicted molar refractivity (Wildman–Crippen MR) is 66.6 cm³/mol. The number of carboxylic acids is 1. The Morgan fingerprint density at radius 1 is 1.35 bits per heavy atom. The number of carbonyl (C=O) groups is 1. The molecule has 0 aromatic heterocycles. The number of sulfonamides is 1. The van der Waals surface area contributed by atoms with E-state index < -0.39 is 20.8 Å². The third kappa shape index (κ3) is 4.45. The summed E-state index contributed by atoms with van der Waals surface area (Å²) in [5.41, 5.74) is 0. The average molecular weight is 322 g/mol. The van der Waals surface area contributed by atoms with Gasteiger partial charge in [0.2, 0.25) is 10.0 Å². The Balaban J connectivity index is 2.55. The van der Waals surface area contributed by atoms with E-state index in [1.165, 1.54) is 12.1 Å². The summed E-state index contributed by atoms with van der Waals surface area (Å²) >= 11 is 2.93. The van der Waals surface area contributed by atoms with Gasteiger partial charge < -0.3 is 5.11 Å². The summed E-state index contributed by atoms with van der Waals surface area (Å²) in [6.45, 7) is 0.0689. The normalized spacial score (nSPS) is 13.2. The van der Waals surface area contributed by atoms with Crippen molar-refractivity contribution in [2.75, 3.05) is 6.54 Å². The fraction of sp³-hybridized carbons (Fsp3) is 0.300. The highest BCUT2D eigenvalue weighted by molar-refractivity contribution is 9.10. The monoisotopic (exact) mass is 321 g/mol. The van der Waals surface area contributed by atoms with Crippen LogP contribution in [0.5, 0.6) is 0 Å². The molecular weight excluding hydrogens is 310 g/mol. The molecule has 5 nitrogen and oxygen atoms in total. The van der Waals surface area contributed by atoms with Gasteiger partial charge in [-0.25, -0.2) is 13.1 Å². The second-order valence-electron chi connectivity index (χ2n) is 3.31. The number of rotatable bonds is 6. The first-order chi connectivity index (χ1) is 7.93. The van der Waals surface area contributed by atoms with Gasteiger partial charge in [-0.3, -0.25) is 4.79 Å². The molecule has 7 heteroatoms. The number of nitrogens with one attached hydrogen (secondary N) is 1. The maximum absolute atomic E-state index is 11.7. The van der Waals surface area contributed by atoms with Gasteiger partial charge in [-0.2, -0.15) is 0 Å². The summed E-state index contributed by atoms with van der Waals surface area (Å²) in [5.74, 6) is -1.01. The summed E-state index contributed by atoms with van der Waals surface area (Å²) in [6.07, 6.45) is 0.182. The first-order valence-corrected chi connectivity index (χ1v) is 7.25. The average Bonchev–Trinajstić information content (AvgIpc) is 2.29. The summed E-state index contributed by atoms with van der Waals surface area (Å²) < 4.78 is 25.8. The SMILES string of the molecule is O=C(O)[C@@H](Br)CCNS(=O)(=O)c1ccccc1. The number of alkyl halides is 1. The highest BCUT2D eigenvalue weighted by atomic mass is 79.9. The molecule has 1 aromatic rings. The minimum absolute atomic E-state index is 0.0689.